The Morgan fingerprint density at radius 1 is 1.06 bits per heavy atom. The molecule has 1 amide bonds. The summed E-state index contributed by atoms with van der Waals surface area (Å²) in [7, 11) is 0. The van der Waals surface area contributed by atoms with Crippen molar-refractivity contribution < 1.29 is 4.79 Å². The molecule has 0 unspecified atom stereocenters. The Labute approximate surface area is 179 Å². The highest BCUT2D eigenvalue weighted by molar-refractivity contribution is 5.95. The highest BCUT2D eigenvalue weighted by atomic mass is 16.2. The SMILES string of the molecule is CCc1c(C)nc2c(-c3cncc(-c4ccc(N5CCCC5=O)cc4)c3)c[nH]n2c1=O. The molecule has 5 rings (SSSR count). The summed E-state index contributed by atoms with van der Waals surface area (Å²) in [6.07, 6.45) is 7.56. The summed E-state index contributed by atoms with van der Waals surface area (Å²) in [6.45, 7) is 4.61. The molecule has 7 heteroatoms. The number of benzene rings is 1. The van der Waals surface area contributed by atoms with E-state index in [0.717, 1.165) is 46.6 Å². The van der Waals surface area contributed by atoms with Crippen LogP contribution in [0.2, 0.25) is 0 Å². The minimum Gasteiger partial charge on any atom is -0.312 e. The van der Waals surface area contributed by atoms with Crippen LogP contribution >= 0.6 is 0 Å². The quantitative estimate of drug-likeness (QED) is 0.552. The molecule has 0 spiro atoms. The lowest BCUT2D eigenvalue weighted by atomic mass is 10.0. The van der Waals surface area contributed by atoms with Crippen LogP contribution in [0.15, 0.2) is 53.7 Å². The average molecular weight is 413 g/mol. The third kappa shape index (κ3) is 3.22. The van der Waals surface area contributed by atoms with Crippen LogP contribution in [0.1, 0.15) is 31.0 Å². The molecule has 1 saturated heterocycles. The number of nitrogens with zero attached hydrogens (tertiary/aromatic N) is 4. The molecule has 4 aromatic rings. The van der Waals surface area contributed by atoms with Crippen LogP contribution in [0.25, 0.3) is 27.9 Å². The van der Waals surface area contributed by atoms with E-state index in [9.17, 15) is 9.59 Å². The number of aromatic amines is 1. The Morgan fingerprint density at radius 3 is 2.55 bits per heavy atom. The van der Waals surface area contributed by atoms with Gasteiger partial charge in [-0.25, -0.2) is 9.50 Å². The molecule has 4 heterocycles. The Kier molecular flexibility index (Phi) is 4.66. The van der Waals surface area contributed by atoms with Crippen LogP contribution < -0.4 is 10.5 Å². The maximum Gasteiger partial charge on any atom is 0.276 e. The molecule has 31 heavy (non-hydrogen) atoms. The summed E-state index contributed by atoms with van der Waals surface area (Å²) >= 11 is 0. The van der Waals surface area contributed by atoms with Gasteiger partial charge in [-0.2, -0.15) is 0 Å². The summed E-state index contributed by atoms with van der Waals surface area (Å²) in [5.41, 5.74) is 6.62. The van der Waals surface area contributed by atoms with Crippen LogP contribution in [-0.4, -0.2) is 32.0 Å². The van der Waals surface area contributed by atoms with Gasteiger partial charge in [0.05, 0.1) is 0 Å². The normalized spacial score (nSPS) is 14.0. The molecular weight excluding hydrogens is 390 g/mol. The second kappa shape index (κ2) is 7.50. The van der Waals surface area contributed by atoms with E-state index in [2.05, 4.69) is 15.1 Å². The number of fused-ring (bicyclic) bond motifs is 1. The molecule has 1 aliphatic heterocycles. The molecule has 1 fully saturated rings. The zero-order valence-corrected chi connectivity index (χ0v) is 17.6. The van der Waals surface area contributed by atoms with Gasteiger partial charge in [-0.15, -0.1) is 0 Å². The molecule has 0 saturated carbocycles. The van der Waals surface area contributed by atoms with Crippen LogP contribution in [-0.2, 0) is 11.2 Å². The largest absolute Gasteiger partial charge is 0.312 e. The predicted octanol–water partition coefficient (Wildman–Crippen LogP) is 3.75. The molecule has 156 valence electrons. The molecule has 1 aromatic carbocycles. The molecule has 7 nitrogen and oxygen atoms in total. The molecule has 0 radical (unpaired) electrons. The average Bonchev–Trinajstić information content (AvgIpc) is 3.40. The zero-order valence-electron chi connectivity index (χ0n) is 17.6. The van der Waals surface area contributed by atoms with Gasteiger partial charge in [-0.1, -0.05) is 19.1 Å². The molecule has 0 aliphatic carbocycles. The van der Waals surface area contributed by atoms with Crippen molar-refractivity contribution in [1.82, 2.24) is 19.6 Å². The number of nitrogens with one attached hydrogen (secondary N) is 1. The van der Waals surface area contributed by atoms with Gasteiger partial charge in [0.25, 0.3) is 5.56 Å². The first-order chi connectivity index (χ1) is 15.1. The van der Waals surface area contributed by atoms with Gasteiger partial charge in [-0.3, -0.25) is 19.7 Å². The fraction of sp³-hybridized carbons (Fsp3) is 0.250. The lowest BCUT2D eigenvalue weighted by Crippen LogP contribution is -2.23. The van der Waals surface area contributed by atoms with Crippen molar-refractivity contribution in [2.75, 3.05) is 11.4 Å². The van der Waals surface area contributed by atoms with E-state index in [1.807, 2.05) is 55.3 Å². The zero-order chi connectivity index (χ0) is 21.5. The molecule has 1 aliphatic rings. The lowest BCUT2D eigenvalue weighted by Gasteiger charge is -2.16. The number of aryl methyl sites for hydroxylation is 1. The summed E-state index contributed by atoms with van der Waals surface area (Å²) in [5, 5.41) is 3.04. The fourth-order valence-electron chi connectivity index (χ4n) is 4.28. The number of rotatable bonds is 4. The summed E-state index contributed by atoms with van der Waals surface area (Å²) in [4.78, 5) is 35.6. The number of amides is 1. The molecule has 1 N–H and O–H groups in total. The predicted molar refractivity (Wildman–Crippen MR) is 120 cm³/mol. The topological polar surface area (TPSA) is 83.4 Å². The van der Waals surface area contributed by atoms with Crippen molar-refractivity contribution in [2.24, 2.45) is 0 Å². The van der Waals surface area contributed by atoms with E-state index in [1.54, 1.807) is 12.4 Å². The van der Waals surface area contributed by atoms with Crippen molar-refractivity contribution in [2.45, 2.75) is 33.1 Å². The third-order valence-corrected chi connectivity index (χ3v) is 5.95. The van der Waals surface area contributed by atoms with E-state index in [0.29, 0.717) is 24.1 Å². The Morgan fingerprint density at radius 2 is 1.84 bits per heavy atom. The number of pyridine rings is 1. The molecular formula is C24H23N5O2. The number of anilines is 1. The van der Waals surface area contributed by atoms with Gasteiger partial charge in [0.2, 0.25) is 5.91 Å². The van der Waals surface area contributed by atoms with E-state index < -0.39 is 0 Å². The van der Waals surface area contributed by atoms with Crippen molar-refractivity contribution >= 4 is 17.2 Å². The summed E-state index contributed by atoms with van der Waals surface area (Å²) < 4.78 is 1.50. The second-order valence-corrected chi connectivity index (χ2v) is 7.84. The minimum atomic E-state index is -0.0626. The third-order valence-electron chi connectivity index (χ3n) is 5.95. The first-order valence-electron chi connectivity index (χ1n) is 10.5. The molecule has 3 aromatic heterocycles. The number of hydrogen-bond donors (Lipinski definition) is 1. The summed E-state index contributed by atoms with van der Waals surface area (Å²) in [5.74, 6) is 0.181. The van der Waals surface area contributed by atoms with E-state index in [-0.39, 0.29) is 11.5 Å². The summed E-state index contributed by atoms with van der Waals surface area (Å²) in [6, 6.07) is 10.0. The first kappa shape index (κ1) is 19.2. The van der Waals surface area contributed by atoms with Gasteiger partial charge >= 0.3 is 0 Å². The van der Waals surface area contributed by atoms with Crippen LogP contribution in [0.5, 0.6) is 0 Å². The number of carbonyl (C=O) groups is 1. The van der Waals surface area contributed by atoms with E-state index >= 15 is 0 Å². The molecule has 0 atom stereocenters. The maximum absolute atomic E-state index is 12.7. The number of H-pyrrole nitrogens is 1. The van der Waals surface area contributed by atoms with Gasteiger partial charge in [0, 0.05) is 65.2 Å². The Balaban J connectivity index is 1.53. The van der Waals surface area contributed by atoms with E-state index in [1.165, 1.54) is 4.52 Å². The van der Waals surface area contributed by atoms with Gasteiger partial charge in [0.15, 0.2) is 5.65 Å². The lowest BCUT2D eigenvalue weighted by molar-refractivity contribution is -0.117. The van der Waals surface area contributed by atoms with Gasteiger partial charge in [-0.05, 0) is 43.5 Å². The van der Waals surface area contributed by atoms with Crippen LogP contribution in [0.4, 0.5) is 5.69 Å². The monoisotopic (exact) mass is 413 g/mol. The highest BCUT2D eigenvalue weighted by Gasteiger charge is 2.21. The number of aromatic nitrogens is 4. The molecule has 0 bridgehead atoms. The van der Waals surface area contributed by atoms with Gasteiger partial charge < -0.3 is 4.90 Å². The second-order valence-electron chi connectivity index (χ2n) is 7.84. The van der Waals surface area contributed by atoms with Crippen molar-refractivity contribution in [1.29, 1.82) is 0 Å². The van der Waals surface area contributed by atoms with E-state index in [4.69, 9.17) is 0 Å². The smallest absolute Gasteiger partial charge is 0.276 e. The maximum atomic E-state index is 12.7. The standard InChI is InChI=1S/C24H23N5O2/c1-3-20-15(2)27-23-21(14-26-29(23)24(20)31)18-11-17(12-25-13-18)16-6-8-19(9-7-16)28-10-4-5-22(28)30/h6-9,11-14,26H,3-5,10H2,1-2H3. The fourth-order valence-corrected chi connectivity index (χ4v) is 4.28. The number of hydrogen-bond acceptors (Lipinski definition) is 4. The Hall–Kier alpha value is -3.74. The van der Waals surface area contributed by atoms with Crippen molar-refractivity contribution in [3.05, 3.63) is 70.5 Å². The van der Waals surface area contributed by atoms with Gasteiger partial charge in [0.1, 0.15) is 0 Å². The van der Waals surface area contributed by atoms with Crippen LogP contribution in [0.3, 0.4) is 0 Å². The van der Waals surface area contributed by atoms with Crippen molar-refractivity contribution in [3.63, 3.8) is 0 Å². The van der Waals surface area contributed by atoms with Crippen molar-refractivity contribution in [3.8, 4) is 22.3 Å². The number of carbonyl (C=O) groups excluding carboxylic acids is 1. The highest BCUT2D eigenvalue weighted by Crippen LogP contribution is 2.29. The van der Waals surface area contributed by atoms with Crippen LogP contribution in [0, 0.1) is 6.92 Å². The Bertz CT molecular complexity index is 1350. The first-order valence-corrected chi connectivity index (χ1v) is 10.5. The minimum absolute atomic E-state index is 0.0626.